The van der Waals surface area contributed by atoms with Gasteiger partial charge in [0.05, 0.1) is 11.3 Å². The lowest BCUT2D eigenvalue weighted by atomic mass is 10.2. The van der Waals surface area contributed by atoms with Crippen molar-refractivity contribution in [2.24, 2.45) is 0 Å². The van der Waals surface area contributed by atoms with Crippen molar-refractivity contribution in [1.29, 1.82) is 5.26 Å². The fourth-order valence-electron chi connectivity index (χ4n) is 2.52. The topological polar surface area (TPSA) is 52.5 Å². The van der Waals surface area contributed by atoms with Crippen molar-refractivity contribution in [3.63, 3.8) is 0 Å². The minimum absolute atomic E-state index is 0.563. The minimum atomic E-state index is 0.563. The summed E-state index contributed by atoms with van der Waals surface area (Å²) in [7, 11) is 0. The number of thiophene rings is 1. The maximum Gasteiger partial charge on any atom is 0.134 e. The molecule has 1 aromatic carbocycles. The van der Waals surface area contributed by atoms with Crippen LogP contribution in [0.1, 0.15) is 10.7 Å². The Morgan fingerprint density at radius 1 is 1.04 bits per heavy atom. The van der Waals surface area contributed by atoms with Crippen LogP contribution in [-0.2, 0) is 0 Å². The Balaban J connectivity index is 1.64. The van der Waals surface area contributed by atoms with Gasteiger partial charge < -0.3 is 4.98 Å². The van der Waals surface area contributed by atoms with Gasteiger partial charge in [0.25, 0.3) is 0 Å². The molecule has 4 aromatic rings. The van der Waals surface area contributed by atoms with E-state index in [0.29, 0.717) is 5.57 Å². The molecule has 0 saturated carbocycles. The second kappa shape index (κ2) is 6.89. The fourth-order valence-corrected chi connectivity index (χ4v) is 3.96. The highest BCUT2D eigenvalue weighted by molar-refractivity contribution is 7.11. The number of hydrogen-bond donors (Lipinski definition) is 1. The zero-order chi connectivity index (χ0) is 17.1. The van der Waals surface area contributed by atoms with Crippen LogP contribution >= 0.6 is 22.7 Å². The van der Waals surface area contributed by atoms with Gasteiger partial charge in [0, 0.05) is 27.7 Å². The van der Waals surface area contributed by atoms with Crippen LogP contribution in [0.15, 0.2) is 64.7 Å². The molecule has 1 N–H and O–H groups in total. The molecule has 0 spiro atoms. The first-order valence-electron chi connectivity index (χ1n) is 7.68. The standard InChI is InChI=1S/C20H13N3S2/c21-11-16(20-23-19(13-25-20)15-8-9-24-12-15)10-17-6-7-18(22-17)14-4-2-1-3-5-14/h1-10,12-13,22H. The SMILES string of the molecule is N#CC(=Cc1ccc(-c2ccccc2)[nH]1)c1nc(-c2ccsc2)cs1. The van der Waals surface area contributed by atoms with Gasteiger partial charge in [-0.25, -0.2) is 4.98 Å². The van der Waals surface area contributed by atoms with Crippen LogP contribution in [0.5, 0.6) is 0 Å². The van der Waals surface area contributed by atoms with Gasteiger partial charge in [-0.1, -0.05) is 30.3 Å². The number of nitriles is 1. The predicted molar refractivity (Wildman–Crippen MR) is 105 cm³/mol. The van der Waals surface area contributed by atoms with E-state index in [0.717, 1.165) is 33.2 Å². The van der Waals surface area contributed by atoms with Crippen LogP contribution in [0.4, 0.5) is 0 Å². The van der Waals surface area contributed by atoms with Crippen molar-refractivity contribution in [2.45, 2.75) is 0 Å². The van der Waals surface area contributed by atoms with Crippen molar-refractivity contribution in [1.82, 2.24) is 9.97 Å². The third-order valence-electron chi connectivity index (χ3n) is 3.77. The number of nitrogens with one attached hydrogen (secondary N) is 1. The molecule has 120 valence electrons. The number of benzene rings is 1. The number of aromatic amines is 1. The van der Waals surface area contributed by atoms with Gasteiger partial charge >= 0.3 is 0 Å². The first kappa shape index (κ1) is 15.6. The van der Waals surface area contributed by atoms with Gasteiger partial charge in [0.15, 0.2) is 0 Å². The Hall–Kier alpha value is -2.94. The Morgan fingerprint density at radius 3 is 2.68 bits per heavy atom. The molecule has 0 unspecified atom stereocenters. The number of allylic oxidation sites excluding steroid dienone is 1. The molecule has 3 aromatic heterocycles. The molecule has 0 fully saturated rings. The maximum atomic E-state index is 9.54. The molecule has 0 aliphatic heterocycles. The summed E-state index contributed by atoms with van der Waals surface area (Å²) in [5, 5.41) is 16.4. The molecule has 5 heteroatoms. The van der Waals surface area contributed by atoms with Gasteiger partial charge in [-0.3, -0.25) is 0 Å². The van der Waals surface area contributed by atoms with Gasteiger partial charge in [0.1, 0.15) is 11.1 Å². The molecule has 0 aliphatic carbocycles. The molecule has 4 rings (SSSR count). The Labute approximate surface area is 153 Å². The van der Waals surface area contributed by atoms with Gasteiger partial charge in [0.2, 0.25) is 0 Å². The second-order valence-electron chi connectivity index (χ2n) is 5.41. The quantitative estimate of drug-likeness (QED) is 0.459. The van der Waals surface area contributed by atoms with Gasteiger partial charge in [-0.05, 0) is 35.2 Å². The molecule has 0 bridgehead atoms. The van der Waals surface area contributed by atoms with Crippen molar-refractivity contribution < 1.29 is 0 Å². The van der Waals surface area contributed by atoms with E-state index in [4.69, 9.17) is 0 Å². The minimum Gasteiger partial charge on any atom is -0.355 e. The molecule has 25 heavy (non-hydrogen) atoms. The third kappa shape index (κ3) is 3.31. The second-order valence-corrected chi connectivity index (χ2v) is 7.05. The normalized spacial score (nSPS) is 11.4. The van der Waals surface area contributed by atoms with Crippen LogP contribution in [-0.4, -0.2) is 9.97 Å². The highest BCUT2D eigenvalue weighted by Gasteiger charge is 2.10. The van der Waals surface area contributed by atoms with Crippen molar-refractivity contribution in [3.8, 4) is 28.6 Å². The fraction of sp³-hybridized carbons (Fsp3) is 0. The number of H-pyrrole nitrogens is 1. The van der Waals surface area contributed by atoms with E-state index in [1.807, 2.05) is 53.2 Å². The monoisotopic (exact) mass is 359 g/mol. The van der Waals surface area contributed by atoms with E-state index in [1.165, 1.54) is 11.3 Å². The van der Waals surface area contributed by atoms with Crippen molar-refractivity contribution >= 4 is 34.3 Å². The van der Waals surface area contributed by atoms with Crippen LogP contribution in [0.2, 0.25) is 0 Å². The highest BCUT2D eigenvalue weighted by atomic mass is 32.1. The number of nitrogens with zero attached hydrogens (tertiary/aromatic N) is 2. The summed E-state index contributed by atoms with van der Waals surface area (Å²) < 4.78 is 0. The molecular formula is C20H13N3S2. The first-order chi connectivity index (χ1) is 12.3. The first-order valence-corrected chi connectivity index (χ1v) is 9.50. The van der Waals surface area contributed by atoms with Gasteiger partial charge in [-0.2, -0.15) is 16.6 Å². The summed E-state index contributed by atoms with van der Waals surface area (Å²) in [6.45, 7) is 0. The molecule has 0 atom stereocenters. The number of hydrogen-bond acceptors (Lipinski definition) is 4. The van der Waals surface area contributed by atoms with Crippen LogP contribution in [0.25, 0.3) is 34.2 Å². The molecular weight excluding hydrogens is 346 g/mol. The molecule has 0 saturated heterocycles. The lowest BCUT2D eigenvalue weighted by Crippen LogP contribution is -1.82. The van der Waals surface area contributed by atoms with E-state index >= 15 is 0 Å². The average Bonchev–Trinajstić information content (AvgIpc) is 3.41. The third-order valence-corrected chi connectivity index (χ3v) is 5.32. The molecule has 0 amide bonds. The van der Waals surface area contributed by atoms with Crippen molar-refractivity contribution in [2.75, 3.05) is 0 Å². The summed E-state index contributed by atoms with van der Waals surface area (Å²) in [6, 6.07) is 18.4. The molecule has 0 radical (unpaired) electrons. The zero-order valence-electron chi connectivity index (χ0n) is 13.1. The van der Waals surface area contributed by atoms with E-state index in [2.05, 4.69) is 33.5 Å². The van der Waals surface area contributed by atoms with Gasteiger partial charge in [-0.15, -0.1) is 11.3 Å². The van der Waals surface area contributed by atoms with Crippen LogP contribution < -0.4 is 0 Å². The maximum absolute atomic E-state index is 9.54. The molecule has 3 nitrogen and oxygen atoms in total. The smallest absolute Gasteiger partial charge is 0.134 e. The predicted octanol–water partition coefficient (Wildman–Crippen LogP) is 5.93. The lowest BCUT2D eigenvalue weighted by Gasteiger charge is -1.97. The molecule has 0 aliphatic rings. The summed E-state index contributed by atoms with van der Waals surface area (Å²) in [6.07, 6.45) is 1.85. The zero-order valence-corrected chi connectivity index (χ0v) is 14.8. The number of thiazole rings is 1. The Morgan fingerprint density at radius 2 is 1.92 bits per heavy atom. The highest BCUT2D eigenvalue weighted by Crippen LogP contribution is 2.28. The summed E-state index contributed by atoms with van der Waals surface area (Å²) in [5.41, 5.74) is 5.61. The van der Waals surface area contributed by atoms with E-state index < -0.39 is 0 Å². The van der Waals surface area contributed by atoms with Crippen molar-refractivity contribution in [3.05, 3.63) is 75.4 Å². The van der Waals surface area contributed by atoms with Crippen LogP contribution in [0.3, 0.4) is 0 Å². The molecule has 3 heterocycles. The van der Waals surface area contributed by atoms with E-state index in [9.17, 15) is 5.26 Å². The van der Waals surface area contributed by atoms with E-state index in [1.54, 1.807) is 11.3 Å². The Kier molecular flexibility index (Phi) is 4.30. The van der Waals surface area contributed by atoms with E-state index in [-0.39, 0.29) is 0 Å². The summed E-state index contributed by atoms with van der Waals surface area (Å²) >= 11 is 3.13. The lowest BCUT2D eigenvalue weighted by molar-refractivity contribution is 1.36. The number of rotatable bonds is 4. The largest absolute Gasteiger partial charge is 0.355 e. The summed E-state index contributed by atoms with van der Waals surface area (Å²) in [5.74, 6) is 0. The number of aromatic nitrogens is 2. The Bertz CT molecular complexity index is 1050. The van der Waals surface area contributed by atoms with Crippen LogP contribution in [0, 0.1) is 11.3 Å². The summed E-state index contributed by atoms with van der Waals surface area (Å²) in [4.78, 5) is 7.95. The average molecular weight is 359 g/mol.